The Balaban J connectivity index is 1.98. The molecule has 1 spiro atoms. The molecule has 0 heterocycles. The average molecular weight is 284 g/mol. The molecule has 2 bridgehead atoms. The summed E-state index contributed by atoms with van der Waals surface area (Å²) in [4.78, 5) is 24.6. The van der Waals surface area contributed by atoms with Crippen LogP contribution in [0.3, 0.4) is 0 Å². The van der Waals surface area contributed by atoms with Crippen LogP contribution in [0, 0.1) is 17.8 Å². The van der Waals surface area contributed by atoms with E-state index in [4.69, 9.17) is 0 Å². The number of aryl methyl sites for hydroxylation is 1. The van der Waals surface area contributed by atoms with Gasteiger partial charge in [0.2, 0.25) is 0 Å². The number of carbonyl (C=O) groups excluding carboxylic acids is 1. The van der Waals surface area contributed by atoms with Crippen molar-refractivity contribution in [1.82, 2.24) is 0 Å². The lowest BCUT2D eigenvalue weighted by Gasteiger charge is -2.41. The van der Waals surface area contributed by atoms with Gasteiger partial charge in [-0.15, -0.1) is 0 Å². The number of fused-ring (bicyclic) bond motifs is 3. The molecule has 0 aliphatic heterocycles. The molecule has 3 aliphatic carbocycles. The van der Waals surface area contributed by atoms with Gasteiger partial charge in [0.05, 0.1) is 5.92 Å². The maximum Gasteiger partial charge on any atom is 0.311 e. The first kappa shape index (κ1) is 13.1. The van der Waals surface area contributed by atoms with E-state index in [0.29, 0.717) is 6.42 Å². The molecule has 0 radical (unpaired) electrons. The van der Waals surface area contributed by atoms with Gasteiger partial charge < -0.3 is 5.11 Å². The summed E-state index contributed by atoms with van der Waals surface area (Å²) in [6.45, 7) is 4.04. The smallest absolute Gasteiger partial charge is 0.311 e. The van der Waals surface area contributed by atoms with Crippen molar-refractivity contribution >= 4 is 11.8 Å². The Labute approximate surface area is 124 Å². The van der Waals surface area contributed by atoms with Crippen LogP contribution in [0.25, 0.3) is 0 Å². The lowest BCUT2D eigenvalue weighted by atomic mass is 9.61. The molecule has 0 amide bonds. The number of hydrogen-bond acceptors (Lipinski definition) is 2. The van der Waals surface area contributed by atoms with Crippen molar-refractivity contribution in [2.75, 3.05) is 0 Å². The van der Waals surface area contributed by atoms with Gasteiger partial charge >= 0.3 is 5.97 Å². The summed E-state index contributed by atoms with van der Waals surface area (Å²) in [5.41, 5.74) is 2.59. The van der Waals surface area contributed by atoms with Crippen molar-refractivity contribution in [3.63, 3.8) is 0 Å². The maximum atomic E-state index is 12.5. The minimum atomic E-state index is -0.757. The summed E-state index contributed by atoms with van der Waals surface area (Å²) < 4.78 is 0. The first-order valence-electron chi connectivity index (χ1n) is 7.75. The number of carboxylic acids is 1. The highest BCUT2D eigenvalue weighted by Crippen LogP contribution is 2.71. The largest absolute Gasteiger partial charge is 0.481 e. The molecule has 0 aromatic heterocycles. The third-order valence-corrected chi connectivity index (χ3v) is 6.40. The van der Waals surface area contributed by atoms with Crippen molar-refractivity contribution in [2.45, 2.75) is 51.4 Å². The topological polar surface area (TPSA) is 54.4 Å². The molecule has 3 nitrogen and oxygen atoms in total. The fourth-order valence-corrected chi connectivity index (χ4v) is 5.55. The van der Waals surface area contributed by atoms with Gasteiger partial charge in [0.15, 0.2) is 0 Å². The van der Waals surface area contributed by atoms with Crippen LogP contribution < -0.4 is 0 Å². The van der Waals surface area contributed by atoms with E-state index in [1.54, 1.807) is 0 Å². The second kappa shape index (κ2) is 3.76. The van der Waals surface area contributed by atoms with E-state index < -0.39 is 11.9 Å². The Kier molecular flexibility index (Phi) is 2.34. The third kappa shape index (κ3) is 1.39. The van der Waals surface area contributed by atoms with E-state index in [2.05, 4.69) is 6.07 Å². The standard InChI is InChI=1S/C18H20O3/c1-10-4-3-5-11-12-6-7-17(2)9-18(12,8-13(17)19)15(14(10)11)16(20)21/h3-5,12,15H,6-9H2,1-2H3,(H,20,21)/t12-,15+,17-,18+/m1/s1. The molecule has 21 heavy (non-hydrogen) atoms. The second-order valence-electron chi connectivity index (χ2n) is 7.51. The first-order chi connectivity index (χ1) is 9.89. The van der Waals surface area contributed by atoms with E-state index in [9.17, 15) is 14.7 Å². The molecular weight excluding hydrogens is 264 g/mol. The predicted molar refractivity (Wildman–Crippen MR) is 78.3 cm³/mol. The van der Waals surface area contributed by atoms with Crippen LogP contribution in [0.5, 0.6) is 0 Å². The highest BCUT2D eigenvalue weighted by atomic mass is 16.4. The summed E-state index contributed by atoms with van der Waals surface area (Å²) in [7, 11) is 0. The van der Waals surface area contributed by atoms with Gasteiger partial charge in [-0.3, -0.25) is 9.59 Å². The predicted octanol–water partition coefficient (Wildman–Crippen LogP) is 3.41. The molecule has 2 saturated carbocycles. The number of rotatable bonds is 1. The molecule has 4 atom stereocenters. The molecule has 1 aromatic carbocycles. The number of hydrogen-bond donors (Lipinski definition) is 1. The van der Waals surface area contributed by atoms with E-state index in [0.717, 1.165) is 30.4 Å². The van der Waals surface area contributed by atoms with Crippen molar-refractivity contribution in [1.29, 1.82) is 0 Å². The molecule has 2 fully saturated rings. The number of Topliss-reactive ketones (excluding diaryl/α,β-unsaturated/α-hetero) is 1. The number of benzene rings is 1. The van der Waals surface area contributed by atoms with Crippen molar-refractivity contribution < 1.29 is 14.7 Å². The molecule has 3 heteroatoms. The summed E-state index contributed by atoms with van der Waals surface area (Å²) in [6.07, 6.45) is 3.04. The van der Waals surface area contributed by atoms with Gasteiger partial charge in [-0.2, -0.15) is 0 Å². The van der Waals surface area contributed by atoms with Crippen LogP contribution in [0.4, 0.5) is 0 Å². The molecule has 4 rings (SSSR count). The van der Waals surface area contributed by atoms with Gasteiger partial charge in [0.1, 0.15) is 5.78 Å². The van der Waals surface area contributed by atoms with Crippen LogP contribution in [0.2, 0.25) is 0 Å². The maximum absolute atomic E-state index is 12.5. The minimum Gasteiger partial charge on any atom is -0.481 e. The highest BCUT2D eigenvalue weighted by Gasteiger charge is 2.66. The SMILES string of the molecule is Cc1cccc2c1[C@@H](C(=O)O)[C@]13CC(=O)[C@](C)(CC[C@H]21)C3. The van der Waals surface area contributed by atoms with Gasteiger partial charge in [-0.1, -0.05) is 25.1 Å². The Morgan fingerprint density at radius 2 is 2.14 bits per heavy atom. The zero-order chi connectivity index (χ0) is 15.0. The van der Waals surface area contributed by atoms with Gasteiger partial charge in [0.25, 0.3) is 0 Å². The molecule has 1 aromatic rings. The molecule has 3 aliphatic rings. The van der Waals surface area contributed by atoms with Crippen molar-refractivity contribution in [2.24, 2.45) is 10.8 Å². The summed E-state index contributed by atoms with van der Waals surface area (Å²) >= 11 is 0. The summed E-state index contributed by atoms with van der Waals surface area (Å²) in [5.74, 6) is -0.744. The van der Waals surface area contributed by atoms with Gasteiger partial charge in [-0.05, 0) is 48.8 Å². The molecular formula is C18H20O3. The summed E-state index contributed by atoms with van der Waals surface area (Å²) in [6, 6.07) is 6.11. The fraction of sp³-hybridized carbons (Fsp3) is 0.556. The van der Waals surface area contributed by atoms with Gasteiger partial charge in [-0.25, -0.2) is 0 Å². The number of aliphatic carboxylic acids is 1. The van der Waals surface area contributed by atoms with Crippen LogP contribution in [0.1, 0.15) is 61.1 Å². The first-order valence-corrected chi connectivity index (χ1v) is 7.75. The number of ketones is 1. The van der Waals surface area contributed by atoms with Crippen molar-refractivity contribution in [3.8, 4) is 0 Å². The number of carbonyl (C=O) groups is 2. The monoisotopic (exact) mass is 284 g/mol. The van der Waals surface area contributed by atoms with Crippen LogP contribution in [-0.4, -0.2) is 16.9 Å². The third-order valence-electron chi connectivity index (χ3n) is 6.40. The molecule has 1 N–H and O–H groups in total. The Bertz CT molecular complexity index is 677. The molecule has 110 valence electrons. The Hall–Kier alpha value is -1.64. The highest BCUT2D eigenvalue weighted by molar-refractivity contribution is 5.92. The lowest BCUT2D eigenvalue weighted by Crippen LogP contribution is -2.36. The van der Waals surface area contributed by atoms with Gasteiger partial charge in [0, 0.05) is 17.3 Å². The molecule has 0 saturated heterocycles. The Morgan fingerprint density at radius 1 is 1.38 bits per heavy atom. The zero-order valence-corrected chi connectivity index (χ0v) is 12.5. The fourth-order valence-electron chi connectivity index (χ4n) is 5.55. The minimum absolute atomic E-state index is 0.244. The van der Waals surface area contributed by atoms with Crippen LogP contribution in [0.15, 0.2) is 18.2 Å². The van der Waals surface area contributed by atoms with E-state index in [1.165, 1.54) is 5.56 Å². The van der Waals surface area contributed by atoms with Crippen LogP contribution >= 0.6 is 0 Å². The molecule has 0 unspecified atom stereocenters. The van der Waals surface area contributed by atoms with E-state index in [-0.39, 0.29) is 22.5 Å². The lowest BCUT2D eigenvalue weighted by molar-refractivity contribution is -0.142. The zero-order valence-electron chi connectivity index (χ0n) is 12.5. The van der Waals surface area contributed by atoms with Crippen molar-refractivity contribution in [3.05, 3.63) is 34.9 Å². The summed E-state index contributed by atoms with van der Waals surface area (Å²) in [5, 5.41) is 9.90. The quantitative estimate of drug-likeness (QED) is 0.859. The van der Waals surface area contributed by atoms with E-state index in [1.807, 2.05) is 26.0 Å². The van der Waals surface area contributed by atoms with Crippen LogP contribution in [-0.2, 0) is 9.59 Å². The van der Waals surface area contributed by atoms with E-state index >= 15 is 0 Å². The second-order valence-corrected chi connectivity index (χ2v) is 7.51. The number of carboxylic acid groups (broad SMARTS) is 1. The normalized spacial score (nSPS) is 40.0. The Morgan fingerprint density at radius 3 is 2.86 bits per heavy atom. The average Bonchev–Trinajstić information content (AvgIpc) is 2.79.